The Labute approximate surface area is 206 Å². The molecule has 1 atom stereocenters. The van der Waals surface area contributed by atoms with Gasteiger partial charge in [-0.1, -0.05) is 12.1 Å². The van der Waals surface area contributed by atoms with Gasteiger partial charge < -0.3 is 19.9 Å². The minimum absolute atomic E-state index is 0. The lowest BCUT2D eigenvalue weighted by atomic mass is 10.1. The average Bonchev–Trinajstić information content (AvgIpc) is 3.23. The van der Waals surface area contributed by atoms with E-state index in [1.807, 2.05) is 0 Å². The fraction of sp³-hybridized carbons (Fsp3) is 0.708. The summed E-state index contributed by atoms with van der Waals surface area (Å²) in [5, 5.41) is 3.49. The van der Waals surface area contributed by atoms with Crippen LogP contribution >= 0.6 is 24.0 Å². The van der Waals surface area contributed by atoms with Gasteiger partial charge in [0.2, 0.25) is 0 Å². The number of rotatable bonds is 8. The van der Waals surface area contributed by atoms with E-state index in [-0.39, 0.29) is 24.0 Å². The SMILES string of the molecule is CCNC(=NCCN1CCN(c2cccc(C)c2C)CC1)N1CCC(COCC)C1.I. The molecule has 31 heavy (non-hydrogen) atoms. The second kappa shape index (κ2) is 13.5. The largest absolute Gasteiger partial charge is 0.381 e. The number of aryl methyl sites for hydroxylation is 1. The molecule has 2 fully saturated rings. The van der Waals surface area contributed by atoms with Gasteiger partial charge in [-0.15, -0.1) is 24.0 Å². The Bertz CT molecular complexity index is 691. The van der Waals surface area contributed by atoms with Gasteiger partial charge in [-0.2, -0.15) is 0 Å². The van der Waals surface area contributed by atoms with E-state index in [1.165, 1.54) is 23.2 Å². The molecule has 176 valence electrons. The molecule has 2 heterocycles. The molecule has 1 aromatic carbocycles. The monoisotopic (exact) mass is 543 g/mol. The van der Waals surface area contributed by atoms with E-state index in [1.54, 1.807) is 0 Å². The van der Waals surface area contributed by atoms with Crippen LogP contribution in [0.25, 0.3) is 0 Å². The van der Waals surface area contributed by atoms with E-state index in [0.717, 1.165) is 78.1 Å². The molecule has 6 nitrogen and oxygen atoms in total. The quantitative estimate of drug-likeness (QED) is 0.310. The molecule has 0 bridgehead atoms. The Morgan fingerprint density at radius 3 is 2.61 bits per heavy atom. The first-order valence-corrected chi connectivity index (χ1v) is 11.8. The summed E-state index contributed by atoms with van der Waals surface area (Å²) in [5.41, 5.74) is 4.20. The van der Waals surface area contributed by atoms with Crippen LogP contribution in [0.15, 0.2) is 23.2 Å². The molecule has 1 N–H and O–H groups in total. The van der Waals surface area contributed by atoms with Crippen LogP contribution in [-0.2, 0) is 4.74 Å². The summed E-state index contributed by atoms with van der Waals surface area (Å²) in [6.45, 7) is 19.7. The van der Waals surface area contributed by atoms with Crippen molar-refractivity contribution in [2.24, 2.45) is 10.9 Å². The lowest BCUT2D eigenvalue weighted by molar-refractivity contribution is 0.114. The minimum Gasteiger partial charge on any atom is -0.381 e. The third kappa shape index (κ3) is 7.49. The number of anilines is 1. The highest BCUT2D eigenvalue weighted by Gasteiger charge is 2.25. The van der Waals surface area contributed by atoms with E-state index < -0.39 is 0 Å². The molecule has 0 spiro atoms. The zero-order valence-corrected chi connectivity index (χ0v) is 22.2. The Balaban J connectivity index is 0.00000341. The van der Waals surface area contributed by atoms with Gasteiger partial charge in [-0.25, -0.2) is 0 Å². The summed E-state index contributed by atoms with van der Waals surface area (Å²) in [7, 11) is 0. The molecule has 2 saturated heterocycles. The van der Waals surface area contributed by atoms with Gasteiger partial charge in [0.05, 0.1) is 13.2 Å². The van der Waals surface area contributed by atoms with Crippen LogP contribution in [0.5, 0.6) is 0 Å². The van der Waals surface area contributed by atoms with Crippen molar-refractivity contribution < 1.29 is 4.74 Å². The number of nitrogens with zero attached hydrogens (tertiary/aromatic N) is 4. The molecule has 0 aromatic heterocycles. The lowest BCUT2D eigenvalue weighted by Gasteiger charge is -2.37. The third-order valence-electron chi connectivity index (χ3n) is 6.44. The van der Waals surface area contributed by atoms with Crippen LogP contribution < -0.4 is 10.2 Å². The van der Waals surface area contributed by atoms with Gasteiger partial charge >= 0.3 is 0 Å². The standard InChI is InChI=1S/C24H41N5O.HI/c1-5-25-24(29-12-10-22(18-29)19-30-6-2)26-11-13-27-14-16-28(17-15-27)23-9-7-8-20(3)21(23)4;/h7-9,22H,5-6,10-19H2,1-4H3,(H,25,26);1H. The van der Waals surface area contributed by atoms with Crippen molar-refractivity contribution in [2.75, 3.05) is 77.0 Å². The number of ether oxygens (including phenoxy) is 1. The van der Waals surface area contributed by atoms with Crippen molar-refractivity contribution in [3.63, 3.8) is 0 Å². The Kier molecular flexibility index (Phi) is 11.4. The first-order valence-electron chi connectivity index (χ1n) is 11.8. The summed E-state index contributed by atoms with van der Waals surface area (Å²) >= 11 is 0. The van der Waals surface area contributed by atoms with Gasteiger partial charge in [-0.3, -0.25) is 9.89 Å². The summed E-state index contributed by atoms with van der Waals surface area (Å²) in [6, 6.07) is 6.65. The molecular weight excluding hydrogens is 501 g/mol. The van der Waals surface area contributed by atoms with Gasteiger partial charge in [0.25, 0.3) is 0 Å². The zero-order valence-electron chi connectivity index (χ0n) is 19.9. The number of nitrogens with one attached hydrogen (secondary N) is 1. The van der Waals surface area contributed by atoms with Crippen LogP contribution in [0.3, 0.4) is 0 Å². The first-order chi connectivity index (χ1) is 14.6. The molecule has 3 rings (SSSR count). The van der Waals surface area contributed by atoms with Crippen molar-refractivity contribution in [2.45, 2.75) is 34.1 Å². The smallest absolute Gasteiger partial charge is 0.193 e. The highest BCUT2D eigenvalue weighted by atomic mass is 127. The maximum atomic E-state index is 5.62. The molecular formula is C24H42IN5O. The van der Waals surface area contributed by atoms with E-state index in [4.69, 9.17) is 9.73 Å². The van der Waals surface area contributed by atoms with Crippen LogP contribution in [0.2, 0.25) is 0 Å². The molecule has 2 aliphatic rings. The number of guanidine groups is 1. The zero-order chi connectivity index (χ0) is 21.3. The van der Waals surface area contributed by atoms with E-state index >= 15 is 0 Å². The molecule has 2 aliphatic heterocycles. The van der Waals surface area contributed by atoms with Crippen molar-refractivity contribution in [1.29, 1.82) is 0 Å². The first kappa shape index (κ1) is 26.2. The molecule has 7 heteroatoms. The predicted octanol–water partition coefficient (Wildman–Crippen LogP) is 3.37. The van der Waals surface area contributed by atoms with Crippen LogP contribution in [0.1, 0.15) is 31.4 Å². The Morgan fingerprint density at radius 1 is 1.13 bits per heavy atom. The van der Waals surface area contributed by atoms with Gasteiger partial charge in [0, 0.05) is 70.6 Å². The highest BCUT2D eigenvalue weighted by Crippen LogP contribution is 2.23. The van der Waals surface area contributed by atoms with Crippen LogP contribution in [0, 0.1) is 19.8 Å². The normalized spacial score (nSPS) is 20.1. The number of aliphatic imine (C=N–C) groups is 1. The number of hydrogen-bond donors (Lipinski definition) is 1. The van der Waals surface area contributed by atoms with Gasteiger partial charge in [0.15, 0.2) is 5.96 Å². The third-order valence-corrected chi connectivity index (χ3v) is 6.44. The van der Waals surface area contributed by atoms with E-state index in [2.05, 4.69) is 65.9 Å². The topological polar surface area (TPSA) is 43.3 Å². The second-order valence-electron chi connectivity index (χ2n) is 8.54. The Hall–Kier alpha value is -1.06. The van der Waals surface area contributed by atoms with Crippen molar-refractivity contribution in [1.82, 2.24) is 15.1 Å². The summed E-state index contributed by atoms with van der Waals surface area (Å²) in [5.74, 6) is 1.71. The Morgan fingerprint density at radius 2 is 1.90 bits per heavy atom. The minimum atomic E-state index is 0. The molecule has 0 aliphatic carbocycles. The number of piperazine rings is 1. The maximum Gasteiger partial charge on any atom is 0.193 e. The fourth-order valence-corrected chi connectivity index (χ4v) is 4.46. The number of likely N-dealkylation sites (tertiary alicyclic amines) is 1. The molecule has 1 aromatic rings. The molecule has 0 radical (unpaired) electrons. The number of halogens is 1. The molecule has 0 saturated carbocycles. The van der Waals surface area contributed by atoms with Crippen LogP contribution in [-0.4, -0.2) is 87.9 Å². The van der Waals surface area contributed by atoms with Crippen LogP contribution in [0.4, 0.5) is 5.69 Å². The van der Waals surface area contributed by atoms with Crippen molar-refractivity contribution in [3.05, 3.63) is 29.3 Å². The fourth-order valence-electron chi connectivity index (χ4n) is 4.46. The summed E-state index contributed by atoms with van der Waals surface area (Å²) < 4.78 is 5.62. The summed E-state index contributed by atoms with van der Waals surface area (Å²) in [4.78, 5) is 12.4. The maximum absolute atomic E-state index is 5.62. The predicted molar refractivity (Wildman–Crippen MR) is 142 cm³/mol. The van der Waals surface area contributed by atoms with Crippen molar-refractivity contribution in [3.8, 4) is 0 Å². The highest BCUT2D eigenvalue weighted by molar-refractivity contribution is 14.0. The summed E-state index contributed by atoms with van der Waals surface area (Å²) in [6.07, 6.45) is 1.20. The number of benzene rings is 1. The molecule has 1 unspecified atom stereocenters. The van der Waals surface area contributed by atoms with Gasteiger partial charge in [-0.05, 0) is 51.3 Å². The van der Waals surface area contributed by atoms with E-state index in [0.29, 0.717) is 5.92 Å². The second-order valence-corrected chi connectivity index (χ2v) is 8.54. The number of hydrogen-bond acceptors (Lipinski definition) is 4. The van der Waals surface area contributed by atoms with Gasteiger partial charge in [0.1, 0.15) is 0 Å². The van der Waals surface area contributed by atoms with E-state index in [9.17, 15) is 0 Å². The lowest BCUT2D eigenvalue weighted by Crippen LogP contribution is -2.47. The molecule has 0 amide bonds. The van der Waals surface area contributed by atoms with Crippen molar-refractivity contribution >= 4 is 35.6 Å². The average molecular weight is 544 g/mol.